The second-order valence-corrected chi connectivity index (χ2v) is 5.63. The zero-order valence-electron chi connectivity index (χ0n) is 12.1. The molecule has 0 unspecified atom stereocenters. The highest BCUT2D eigenvalue weighted by molar-refractivity contribution is 6.38. The molecule has 3 aromatic rings. The second-order valence-electron chi connectivity index (χ2n) is 5.26. The number of H-pyrrole nitrogens is 2. The van der Waals surface area contributed by atoms with Gasteiger partial charge in [0.05, 0.1) is 22.0 Å². The number of aromatic amines is 2. The van der Waals surface area contributed by atoms with Crippen molar-refractivity contribution in [3.8, 4) is 11.3 Å². The number of para-hydroxylation sites is 1. The zero-order valence-corrected chi connectivity index (χ0v) is 12.8. The molecule has 2 aromatic heterocycles. The first kappa shape index (κ1) is 13.8. The maximum absolute atomic E-state index is 12.2. The molecule has 0 aliphatic carbocycles. The molecule has 0 saturated carbocycles. The summed E-state index contributed by atoms with van der Waals surface area (Å²) in [6.07, 6.45) is 5.79. The fraction of sp³-hybridized carbons (Fsp3) is 0.0588. The summed E-state index contributed by atoms with van der Waals surface area (Å²) in [4.78, 5) is 15.5. The average Bonchev–Trinajstić information content (AvgIpc) is 2.93. The van der Waals surface area contributed by atoms with Crippen molar-refractivity contribution in [1.82, 2.24) is 20.5 Å². The van der Waals surface area contributed by atoms with Gasteiger partial charge >= 0.3 is 0 Å². The number of fused-ring (bicyclic) bond motifs is 1. The van der Waals surface area contributed by atoms with Gasteiger partial charge in [-0.1, -0.05) is 35.9 Å². The molecule has 6 heteroatoms. The Bertz CT molecular complexity index is 1010. The topological polar surface area (TPSA) is 73.6 Å². The molecule has 0 atom stereocenters. The Labute approximate surface area is 136 Å². The first-order valence-electron chi connectivity index (χ1n) is 7.21. The van der Waals surface area contributed by atoms with E-state index in [-0.39, 0.29) is 5.56 Å². The molecule has 0 fully saturated rings. The van der Waals surface area contributed by atoms with Crippen LogP contribution in [0.15, 0.2) is 53.5 Å². The van der Waals surface area contributed by atoms with E-state index in [1.165, 1.54) is 0 Å². The van der Waals surface area contributed by atoms with Crippen LogP contribution >= 0.6 is 11.6 Å². The number of hydrogen-bond donors (Lipinski definition) is 3. The Morgan fingerprint density at radius 3 is 2.87 bits per heavy atom. The van der Waals surface area contributed by atoms with Crippen LogP contribution in [-0.4, -0.2) is 21.7 Å². The molecule has 0 amide bonds. The van der Waals surface area contributed by atoms with Gasteiger partial charge in [0.15, 0.2) is 0 Å². The van der Waals surface area contributed by atoms with Gasteiger partial charge in [0.25, 0.3) is 5.56 Å². The Kier molecular flexibility index (Phi) is 3.28. The number of dihydropyridines is 1. The van der Waals surface area contributed by atoms with E-state index in [4.69, 9.17) is 11.6 Å². The summed E-state index contributed by atoms with van der Waals surface area (Å²) in [6.45, 7) is 0.731. The lowest BCUT2D eigenvalue weighted by Crippen LogP contribution is -2.14. The van der Waals surface area contributed by atoms with Gasteiger partial charge in [0, 0.05) is 23.0 Å². The average molecular weight is 325 g/mol. The fourth-order valence-corrected chi connectivity index (χ4v) is 2.99. The van der Waals surface area contributed by atoms with Gasteiger partial charge in [-0.05, 0) is 24.4 Å². The standard InChI is InChI=1S/C17H13ClN4O/c18-15-11-3-1-2-4-13(11)20-16(15)12-9-14(21-22-17(12)23)10-5-7-19-8-6-10/h1-7,9,19-20H,8H2,(H,22,23). The molecule has 0 spiro atoms. The molecule has 3 N–H and O–H groups in total. The third kappa shape index (κ3) is 2.35. The lowest BCUT2D eigenvalue weighted by Gasteiger charge is -2.08. The number of allylic oxidation sites excluding steroid dienone is 2. The van der Waals surface area contributed by atoms with E-state index in [2.05, 4.69) is 20.5 Å². The van der Waals surface area contributed by atoms with E-state index in [9.17, 15) is 4.79 Å². The molecule has 23 heavy (non-hydrogen) atoms. The SMILES string of the molecule is O=c1[nH]nc(C2=CCNC=C2)cc1-c1[nH]c2ccccc2c1Cl. The normalized spacial score (nSPS) is 13.9. The van der Waals surface area contributed by atoms with Crippen LogP contribution in [0.5, 0.6) is 0 Å². The zero-order chi connectivity index (χ0) is 15.8. The number of halogens is 1. The maximum Gasteiger partial charge on any atom is 0.273 e. The largest absolute Gasteiger partial charge is 0.387 e. The predicted octanol–water partition coefficient (Wildman–Crippen LogP) is 3.07. The van der Waals surface area contributed by atoms with E-state index in [1.807, 2.05) is 42.6 Å². The van der Waals surface area contributed by atoms with Crippen LogP contribution in [0.4, 0.5) is 0 Å². The monoisotopic (exact) mass is 324 g/mol. The number of hydrogen-bond acceptors (Lipinski definition) is 3. The van der Waals surface area contributed by atoms with E-state index < -0.39 is 0 Å². The van der Waals surface area contributed by atoms with Gasteiger partial charge < -0.3 is 10.3 Å². The number of nitrogens with one attached hydrogen (secondary N) is 3. The summed E-state index contributed by atoms with van der Waals surface area (Å²) in [6, 6.07) is 9.45. The Morgan fingerprint density at radius 1 is 1.22 bits per heavy atom. The molecule has 4 rings (SSSR count). The van der Waals surface area contributed by atoms with Crippen molar-refractivity contribution in [2.45, 2.75) is 0 Å². The van der Waals surface area contributed by atoms with Crippen LogP contribution in [0.2, 0.25) is 5.02 Å². The summed E-state index contributed by atoms with van der Waals surface area (Å²) in [7, 11) is 0. The van der Waals surface area contributed by atoms with Crippen molar-refractivity contribution < 1.29 is 0 Å². The Morgan fingerprint density at radius 2 is 2.09 bits per heavy atom. The predicted molar refractivity (Wildman–Crippen MR) is 92.3 cm³/mol. The quantitative estimate of drug-likeness (QED) is 0.678. The third-order valence-corrected chi connectivity index (χ3v) is 4.22. The van der Waals surface area contributed by atoms with Crippen LogP contribution in [0.25, 0.3) is 27.7 Å². The first-order valence-corrected chi connectivity index (χ1v) is 7.58. The molecule has 3 heterocycles. The van der Waals surface area contributed by atoms with Gasteiger partial charge in [-0.3, -0.25) is 4.79 Å². The summed E-state index contributed by atoms with van der Waals surface area (Å²) in [5, 5.41) is 11.2. The minimum atomic E-state index is -0.277. The highest BCUT2D eigenvalue weighted by Gasteiger charge is 2.16. The van der Waals surface area contributed by atoms with Crippen LogP contribution in [-0.2, 0) is 0 Å². The molecule has 1 aliphatic heterocycles. The van der Waals surface area contributed by atoms with Gasteiger partial charge in [0.2, 0.25) is 0 Å². The third-order valence-electron chi connectivity index (χ3n) is 3.83. The van der Waals surface area contributed by atoms with E-state index in [1.54, 1.807) is 6.07 Å². The minimum absolute atomic E-state index is 0.277. The summed E-state index contributed by atoms with van der Waals surface area (Å²) < 4.78 is 0. The Hall–Kier alpha value is -2.79. The lowest BCUT2D eigenvalue weighted by atomic mass is 10.1. The van der Waals surface area contributed by atoms with Crippen LogP contribution in [0, 0.1) is 0 Å². The van der Waals surface area contributed by atoms with Crippen LogP contribution in [0.1, 0.15) is 5.69 Å². The van der Waals surface area contributed by atoms with E-state index in [0.717, 1.165) is 23.0 Å². The minimum Gasteiger partial charge on any atom is -0.387 e. The van der Waals surface area contributed by atoms with Crippen molar-refractivity contribution in [3.63, 3.8) is 0 Å². The number of nitrogens with zero attached hydrogens (tertiary/aromatic N) is 1. The van der Waals surface area contributed by atoms with Crippen molar-refractivity contribution in [1.29, 1.82) is 0 Å². The van der Waals surface area contributed by atoms with Crippen molar-refractivity contribution in [3.05, 3.63) is 69.8 Å². The number of rotatable bonds is 2. The molecular formula is C17H13ClN4O. The molecule has 0 bridgehead atoms. The molecular weight excluding hydrogens is 312 g/mol. The smallest absolute Gasteiger partial charge is 0.273 e. The Balaban J connectivity index is 1.90. The molecule has 0 saturated heterocycles. The number of benzene rings is 1. The fourth-order valence-electron chi connectivity index (χ4n) is 2.68. The van der Waals surface area contributed by atoms with E-state index in [0.29, 0.717) is 22.0 Å². The summed E-state index contributed by atoms with van der Waals surface area (Å²) >= 11 is 6.46. The van der Waals surface area contributed by atoms with Crippen LogP contribution in [0.3, 0.4) is 0 Å². The molecule has 0 radical (unpaired) electrons. The summed E-state index contributed by atoms with van der Waals surface area (Å²) in [5.41, 5.74) is 3.35. The van der Waals surface area contributed by atoms with Gasteiger partial charge in [0.1, 0.15) is 0 Å². The highest BCUT2D eigenvalue weighted by Crippen LogP contribution is 2.33. The van der Waals surface area contributed by atoms with Gasteiger partial charge in [-0.25, -0.2) is 5.10 Å². The van der Waals surface area contributed by atoms with Crippen molar-refractivity contribution in [2.75, 3.05) is 6.54 Å². The van der Waals surface area contributed by atoms with Gasteiger partial charge in [-0.2, -0.15) is 5.10 Å². The summed E-state index contributed by atoms with van der Waals surface area (Å²) in [5.74, 6) is 0. The molecule has 5 nitrogen and oxygen atoms in total. The van der Waals surface area contributed by atoms with Crippen molar-refractivity contribution >= 4 is 28.1 Å². The van der Waals surface area contributed by atoms with Crippen molar-refractivity contribution in [2.24, 2.45) is 0 Å². The second kappa shape index (κ2) is 5.44. The number of aromatic nitrogens is 3. The maximum atomic E-state index is 12.2. The molecule has 1 aliphatic rings. The lowest BCUT2D eigenvalue weighted by molar-refractivity contribution is 0.952. The van der Waals surface area contributed by atoms with Crippen LogP contribution < -0.4 is 10.9 Å². The van der Waals surface area contributed by atoms with Gasteiger partial charge in [-0.15, -0.1) is 0 Å². The highest BCUT2D eigenvalue weighted by atomic mass is 35.5. The molecule has 114 valence electrons. The van der Waals surface area contributed by atoms with E-state index >= 15 is 0 Å². The first-order chi connectivity index (χ1) is 11.2. The molecule has 1 aromatic carbocycles.